The van der Waals surface area contributed by atoms with Crippen LogP contribution in [0.15, 0.2) is 24.3 Å². The summed E-state index contributed by atoms with van der Waals surface area (Å²) in [6.45, 7) is 0.836. The van der Waals surface area contributed by atoms with Gasteiger partial charge in [-0.25, -0.2) is 4.68 Å². The minimum Gasteiger partial charge on any atom is -0.384 e. The first-order valence-corrected chi connectivity index (χ1v) is 5.25. The van der Waals surface area contributed by atoms with Crippen LogP contribution in [0.3, 0.4) is 0 Å². The molecule has 0 spiro atoms. The van der Waals surface area contributed by atoms with Gasteiger partial charge >= 0.3 is 0 Å². The highest BCUT2D eigenvalue weighted by molar-refractivity contribution is 5.59. The monoisotopic (exact) mass is 215 g/mol. The van der Waals surface area contributed by atoms with E-state index in [1.54, 1.807) is 11.7 Å². The molecule has 0 bridgehead atoms. The van der Waals surface area contributed by atoms with E-state index < -0.39 is 0 Å². The van der Waals surface area contributed by atoms with E-state index in [0.717, 1.165) is 12.4 Å². The summed E-state index contributed by atoms with van der Waals surface area (Å²) in [4.78, 5) is 4.28. The van der Waals surface area contributed by atoms with E-state index in [1.165, 1.54) is 11.3 Å². The average Bonchev–Trinajstić information content (AvgIpc) is 2.83. The lowest BCUT2D eigenvalue weighted by atomic mass is 10.0. The van der Waals surface area contributed by atoms with Crippen LogP contribution >= 0.6 is 0 Å². The highest BCUT2D eigenvalue weighted by Crippen LogP contribution is 2.34. The average molecular weight is 215 g/mol. The molecule has 0 radical (unpaired) electrons. The van der Waals surface area contributed by atoms with Crippen molar-refractivity contribution in [3.63, 3.8) is 0 Å². The van der Waals surface area contributed by atoms with Crippen LogP contribution in [0.2, 0.25) is 0 Å². The number of benzene rings is 1. The molecule has 1 aromatic carbocycles. The van der Waals surface area contributed by atoms with Crippen LogP contribution in [0.4, 0.5) is 11.6 Å². The Kier molecular flexibility index (Phi) is 1.86. The Labute approximate surface area is 93.3 Å². The molecule has 1 unspecified atom stereocenters. The first kappa shape index (κ1) is 9.21. The van der Waals surface area contributed by atoms with Crippen molar-refractivity contribution in [1.82, 2.24) is 14.8 Å². The fraction of sp³-hybridized carbons (Fsp3) is 0.273. The van der Waals surface area contributed by atoms with Crippen LogP contribution in [0.5, 0.6) is 0 Å². The maximum Gasteiger partial charge on any atom is 0.218 e. The molecule has 0 amide bonds. The SMILES string of the molecule is Cn1nc(C2CNc3ccccc32)nc1N. The molecule has 0 fully saturated rings. The minimum atomic E-state index is 0.208. The quantitative estimate of drug-likeness (QED) is 0.743. The van der Waals surface area contributed by atoms with E-state index in [0.29, 0.717) is 5.95 Å². The second-order valence-electron chi connectivity index (χ2n) is 3.97. The summed E-state index contributed by atoms with van der Waals surface area (Å²) in [7, 11) is 1.81. The van der Waals surface area contributed by atoms with Gasteiger partial charge in [0.2, 0.25) is 5.95 Å². The molecule has 0 saturated heterocycles. The Balaban J connectivity index is 2.04. The predicted octanol–water partition coefficient (Wildman–Crippen LogP) is 0.955. The molecule has 1 atom stereocenters. The van der Waals surface area contributed by atoms with Crippen molar-refractivity contribution in [3.05, 3.63) is 35.7 Å². The van der Waals surface area contributed by atoms with Gasteiger partial charge in [-0.2, -0.15) is 10.1 Å². The summed E-state index contributed by atoms with van der Waals surface area (Å²) >= 11 is 0. The highest BCUT2D eigenvalue weighted by Gasteiger charge is 2.26. The molecular formula is C11H13N5. The molecule has 82 valence electrons. The summed E-state index contributed by atoms with van der Waals surface area (Å²) < 4.78 is 1.61. The first-order valence-electron chi connectivity index (χ1n) is 5.25. The second-order valence-corrected chi connectivity index (χ2v) is 3.97. The van der Waals surface area contributed by atoms with Gasteiger partial charge in [-0.1, -0.05) is 18.2 Å². The van der Waals surface area contributed by atoms with Gasteiger partial charge in [0.15, 0.2) is 5.82 Å². The van der Waals surface area contributed by atoms with Gasteiger partial charge in [0, 0.05) is 19.3 Å². The number of anilines is 2. The molecule has 5 heteroatoms. The minimum absolute atomic E-state index is 0.208. The third-order valence-electron chi connectivity index (χ3n) is 2.96. The van der Waals surface area contributed by atoms with Gasteiger partial charge in [-0.3, -0.25) is 0 Å². The van der Waals surface area contributed by atoms with Crippen molar-refractivity contribution in [3.8, 4) is 0 Å². The zero-order valence-corrected chi connectivity index (χ0v) is 9.01. The molecule has 3 N–H and O–H groups in total. The number of rotatable bonds is 1. The Bertz CT molecular complexity index is 511. The lowest BCUT2D eigenvalue weighted by Gasteiger charge is -2.04. The standard InChI is InChI=1S/C11H13N5/c1-16-11(12)14-10(15-16)8-6-13-9-5-3-2-4-7(8)9/h2-5,8,13H,6H2,1H3,(H2,12,14,15). The Morgan fingerprint density at radius 2 is 2.25 bits per heavy atom. The molecule has 1 aliphatic rings. The summed E-state index contributed by atoms with van der Waals surface area (Å²) in [5, 5.41) is 7.68. The van der Waals surface area contributed by atoms with Crippen LogP contribution in [0.25, 0.3) is 0 Å². The fourth-order valence-corrected chi connectivity index (χ4v) is 2.08. The van der Waals surface area contributed by atoms with Crippen LogP contribution < -0.4 is 11.1 Å². The van der Waals surface area contributed by atoms with Crippen LogP contribution in [0.1, 0.15) is 17.3 Å². The number of nitrogen functional groups attached to an aromatic ring is 1. The van der Waals surface area contributed by atoms with Crippen molar-refractivity contribution >= 4 is 11.6 Å². The lowest BCUT2D eigenvalue weighted by Crippen LogP contribution is -2.06. The molecule has 0 saturated carbocycles. The number of aromatic nitrogens is 3. The van der Waals surface area contributed by atoms with Gasteiger partial charge in [-0.15, -0.1) is 0 Å². The summed E-state index contributed by atoms with van der Waals surface area (Å²) in [5.41, 5.74) is 8.11. The van der Waals surface area contributed by atoms with Crippen molar-refractivity contribution in [2.45, 2.75) is 5.92 Å². The Morgan fingerprint density at radius 3 is 3.00 bits per heavy atom. The number of para-hydroxylation sites is 1. The van der Waals surface area contributed by atoms with Crippen molar-refractivity contribution in [2.24, 2.45) is 7.05 Å². The Hall–Kier alpha value is -2.04. The molecule has 16 heavy (non-hydrogen) atoms. The summed E-state index contributed by atoms with van der Waals surface area (Å²) in [6.07, 6.45) is 0. The third kappa shape index (κ3) is 1.25. The van der Waals surface area contributed by atoms with Gasteiger partial charge in [0.1, 0.15) is 0 Å². The number of aryl methyl sites for hydroxylation is 1. The van der Waals surface area contributed by atoms with E-state index in [-0.39, 0.29) is 5.92 Å². The van der Waals surface area contributed by atoms with Crippen molar-refractivity contribution in [1.29, 1.82) is 0 Å². The molecule has 3 rings (SSSR count). The Morgan fingerprint density at radius 1 is 1.44 bits per heavy atom. The largest absolute Gasteiger partial charge is 0.384 e. The maximum absolute atomic E-state index is 5.70. The van der Waals surface area contributed by atoms with E-state index in [9.17, 15) is 0 Å². The molecule has 1 aliphatic heterocycles. The van der Waals surface area contributed by atoms with Crippen molar-refractivity contribution in [2.75, 3.05) is 17.6 Å². The number of fused-ring (bicyclic) bond motifs is 1. The van der Waals surface area contributed by atoms with Gasteiger partial charge < -0.3 is 11.1 Å². The van der Waals surface area contributed by atoms with Crippen LogP contribution in [-0.4, -0.2) is 21.3 Å². The van der Waals surface area contributed by atoms with E-state index in [2.05, 4.69) is 27.5 Å². The smallest absolute Gasteiger partial charge is 0.218 e. The molecular weight excluding hydrogens is 202 g/mol. The van der Waals surface area contributed by atoms with Gasteiger partial charge in [-0.05, 0) is 11.6 Å². The van der Waals surface area contributed by atoms with E-state index in [1.807, 2.05) is 12.1 Å². The topological polar surface area (TPSA) is 68.8 Å². The zero-order valence-electron chi connectivity index (χ0n) is 9.01. The predicted molar refractivity (Wildman–Crippen MR) is 62.2 cm³/mol. The fourth-order valence-electron chi connectivity index (χ4n) is 2.08. The third-order valence-corrected chi connectivity index (χ3v) is 2.96. The number of hydrogen-bond acceptors (Lipinski definition) is 4. The lowest BCUT2D eigenvalue weighted by molar-refractivity contribution is 0.728. The number of nitrogens with two attached hydrogens (primary N) is 1. The molecule has 5 nitrogen and oxygen atoms in total. The first-order chi connectivity index (χ1) is 7.75. The van der Waals surface area contributed by atoms with Gasteiger partial charge in [0.05, 0.1) is 5.92 Å². The normalized spacial score (nSPS) is 18.2. The van der Waals surface area contributed by atoms with Crippen molar-refractivity contribution < 1.29 is 0 Å². The second kappa shape index (κ2) is 3.23. The summed E-state index contributed by atoms with van der Waals surface area (Å²) in [6, 6.07) is 8.23. The number of nitrogens with one attached hydrogen (secondary N) is 1. The van der Waals surface area contributed by atoms with E-state index >= 15 is 0 Å². The molecule has 1 aromatic heterocycles. The zero-order chi connectivity index (χ0) is 11.1. The number of nitrogens with zero attached hydrogens (tertiary/aromatic N) is 3. The molecule has 2 aromatic rings. The number of hydrogen-bond donors (Lipinski definition) is 2. The highest BCUT2D eigenvalue weighted by atomic mass is 15.4. The molecule has 2 heterocycles. The van der Waals surface area contributed by atoms with Crippen LogP contribution in [-0.2, 0) is 7.05 Å². The molecule has 0 aliphatic carbocycles. The summed E-state index contributed by atoms with van der Waals surface area (Å²) in [5.74, 6) is 1.46. The van der Waals surface area contributed by atoms with Crippen LogP contribution in [0, 0.1) is 0 Å². The maximum atomic E-state index is 5.70. The van der Waals surface area contributed by atoms with E-state index in [4.69, 9.17) is 5.73 Å². The van der Waals surface area contributed by atoms with Gasteiger partial charge in [0.25, 0.3) is 0 Å².